The molecule has 1 saturated heterocycles. The van der Waals surface area contributed by atoms with Crippen LogP contribution in [0.25, 0.3) is 10.9 Å². The average Bonchev–Trinajstić information content (AvgIpc) is 2.83. The fourth-order valence-electron chi connectivity index (χ4n) is 2.45. The molecule has 5 heteroatoms. The summed E-state index contributed by atoms with van der Waals surface area (Å²) in [5.41, 5.74) is 7.90. The van der Waals surface area contributed by atoms with E-state index in [-0.39, 0.29) is 0 Å². The molecular weight excluding hydrogens is 228 g/mol. The van der Waals surface area contributed by atoms with Gasteiger partial charge >= 0.3 is 0 Å². The Bertz CT molecular complexity index is 584. The van der Waals surface area contributed by atoms with E-state index >= 15 is 0 Å². The fourth-order valence-corrected chi connectivity index (χ4v) is 2.45. The maximum Gasteiger partial charge on any atom is 0.265 e. The van der Waals surface area contributed by atoms with E-state index in [1.54, 1.807) is 0 Å². The highest BCUT2D eigenvalue weighted by Gasteiger charge is 2.15. The molecule has 0 spiro atoms. The van der Waals surface area contributed by atoms with Crippen LogP contribution in [0.3, 0.4) is 0 Å². The van der Waals surface area contributed by atoms with Crippen LogP contribution in [0, 0.1) is 0 Å². The zero-order chi connectivity index (χ0) is 12.5. The normalized spacial score (nSPS) is 16.1. The highest BCUT2D eigenvalue weighted by atomic mass is 16.1. The Labute approximate surface area is 105 Å². The van der Waals surface area contributed by atoms with Crippen LogP contribution in [0.5, 0.6) is 0 Å². The number of nitrogens with two attached hydrogens (primary N) is 1. The van der Waals surface area contributed by atoms with Gasteiger partial charge in [0.1, 0.15) is 5.69 Å². The molecule has 2 aromatic rings. The molecule has 0 unspecified atom stereocenters. The van der Waals surface area contributed by atoms with Crippen LogP contribution in [-0.4, -0.2) is 37.1 Å². The van der Waals surface area contributed by atoms with Crippen molar-refractivity contribution in [2.75, 3.05) is 31.1 Å². The zero-order valence-corrected chi connectivity index (χ0v) is 10.1. The third-order valence-corrected chi connectivity index (χ3v) is 3.36. The van der Waals surface area contributed by atoms with Crippen molar-refractivity contribution in [3.8, 4) is 0 Å². The molecule has 18 heavy (non-hydrogen) atoms. The van der Waals surface area contributed by atoms with Crippen molar-refractivity contribution in [3.05, 3.63) is 30.0 Å². The predicted molar refractivity (Wildman–Crippen MR) is 71.9 cm³/mol. The predicted octanol–water partition coefficient (Wildman–Crippen LogP) is 0.676. The molecule has 1 aliphatic heterocycles. The highest BCUT2D eigenvalue weighted by Crippen LogP contribution is 2.27. The number of amides is 1. The minimum absolute atomic E-state index is 0.419. The Morgan fingerprint density at radius 1 is 1.28 bits per heavy atom. The first-order chi connectivity index (χ1) is 8.75. The second-order valence-corrected chi connectivity index (χ2v) is 4.52. The number of nitrogens with one attached hydrogen (secondary N) is 2. The van der Waals surface area contributed by atoms with Crippen molar-refractivity contribution < 1.29 is 4.79 Å². The van der Waals surface area contributed by atoms with Gasteiger partial charge in [-0.25, -0.2) is 0 Å². The van der Waals surface area contributed by atoms with Crippen LogP contribution in [0.4, 0.5) is 5.69 Å². The van der Waals surface area contributed by atoms with Gasteiger partial charge in [-0.2, -0.15) is 0 Å². The molecule has 0 saturated carbocycles. The summed E-state index contributed by atoms with van der Waals surface area (Å²) in [7, 11) is 0. The molecule has 1 aliphatic rings. The van der Waals surface area contributed by atoms with Crippen LogP contribution in [0.2, 0.25) is 0 Å². The largest absolute Gasteiger partial charge is 0.368 e. The molecule has 0 atom stereocenters. The molecule has 3 rings (SSSR count). The number of rotatable bonds is 2. The van der Waals surface area contributed by atoms with Gasteiger partial charge in [0, 0.05) is 42.8 Å². The van der Waals surface area contributed by atoms with Gasteiger partial charge in [0.2, 0.25) is 0 Å². The lowest BCUT2D eigenvalue weighted by atomic mass is 10.1. The molecule has 1 amide bonds. The number of H-pyrrole nitrogens is 1. The Morgan fingerprint density at radius 3 is 2.78 bits per heavy atom. The summed E-state index contributed by atoms with van der Waals surface area (Å²) in [4.78, 5) is 16.6. The first-order valence-electron chi connectivity index (χ1n) is 6.13. The molecule has 1 aromatic heterocycles. The molecule has 2 heterocycles. The average molecular weight is 244 g/mol. The SMILES string of the molecule is NC(=O)c1cc2c(N3CCNCC3)cccc2[nH]1. The number of piperazine rings is 1. The maximum absolute atomic E-state index is 11.2. The van der Waals surface area contributed by atoms with Crippen molar-refractivity contribution in [1.82, 2.24) is 10.3 Å². The Hall–Kier alpha value is -2.01. The third kappa shape index (κ3) is 1.82. The van der Waals surface area contributed by atoms with E-state index in [1.165, 1.54) is 0 Å². The van der Waals surface area contributed by atoms with Gasteiger partial charge in [0.15, 0.2) is 0 Å². The summed E-state index contributed by atoms with van der Waals surface area (Å²) in [5, 5.41) is 4.40. The third-order valence-electron chi connectivity index (χ3n) is 3.36. The van der Waals surface area contributed by atoms with E-state index in [0.29, 0.717) is 5.69 Å². The van der Waals surface area contributed by atoms with Crippen molar-refractivity contribution in [3.63, 3.8) is 0 Å². The van der Waals surface area contributed by atoms with Gasteiger partial charge in [-0.3, -0.25) is 4.79 Å². The molecule has 5 nitrogen and oxygen atoms in total. The highest BCUT2D eigenvalue weighted by molar-refractivity contribution is 6.01. The summed E-state index contributed by atoms with van der Waals surface area (Å²) in [6.45, 7) is 3.94. The van der Waals surface area contributed by atoms with E-state index in [4.69, 9.17) is 5.73 Å². The number of hydrogen-bond acceptors (Lipinski definition) is 3. The monoisotopic (exact) mass is 244 g/mol. The fraction of sp³-hybridized carbons (Fsp3) is 0.308. The quantitative estimate of drug-likeness (QED) is 0.727. The number of carbonyl (C=O) groups excluding carboxylic acids is 1. The van der Waals surface area contributed by atoms with Gasteiger partial charge < -0.3 is 20.9 Å². The van der Waals surface area contributed by atoms with Gasteiger partial charge in [-0.1, -0.05) is 6.07 Å². The molecule has 4 N–H and O–H groups in total. The number of benzene rings is 1. The molecule has 0 aliphatic carbocycles. The van der Waals surface area contributed by atoms with Gasteiger partial charge in [-0.15, -0.1) is 0 Å². The minimum atomic E-state index is -0.419. The van der Waals surface area contributed by atoms with E-state index in [9.17, 15) is 4.79 Å². The second-order valence-electron chi connectivity index (χ2n) is 4.52. The van der Waals surface area contributed by atoms with Crippen LogP contribution in [0.15, 0.2) is 24.3 Å². The summed E-state index contributed by atoms with van der Waals surface area (Å²) in [6, 6.07) is 7.90. The Morgan fingerprint density at radius 2 is 2.06 bits per heavy atom. The summed E-state index contributed by atoms with van der Waals surface area (Å²) >= 11 is 0. The Balaban J connectivity index is 2.07. The lowest BCUT2D eigenvalue weighted by molar-refractivity contribution is 0.0996. The van der Waals surface area contributed by atoms with E-state index in [2.05, 4.69) is 21.3 Å². The van der Waals surface area contributed by atoms with Crippen LogP contribution >= 0.6 is 0 Å². The summed E-state index contributed by atoms with van der Waals surface area (Å²) < 4.78 is 0. The van der Waals surface area contributed by atoms with Crippen LogP contribution in [0.1, 0.15) is 10.5 Å². The van der Waals surface area contributed by atoms with Crippen molar-refractivity contribution in [1.29, 1.82) is 0 Å². The maximum atomic E-state index is 11.2. The first kappa shape index (κ1) is 11.1. The number of anilines is 1. The van der Waals surface area contributed by atoms with E-state index in [1.807, 2.05) is 18.2 Å². The number of primary amides is 1. The topological polar surface area (TPSA) is 74.2 Å². The number of aromatic amines is 1. The second kappa shape index (κ2) is 4.34. The summed E-state index contributed by atoms with van der Waals surface area (Å²) in [5.74, 6) is -0.419. The smallest absolute Gasteiger partial charge is 0.265 e. The number of fused-ring (bicyclic) bond motifs is 1. The summed E-state index contributed by atoms with van der Waals surface area (Å²) in [6.07, 6.45) is 0. The molecule has 0 radical (unpaired) electrons. The van der Waals surface area contributed by atoms with E-state index < -0.39 is 5.91 Å². The number of nitrogens with zero attached hydrogens (tertiary/aromatic N) is 1. The van der Waals surface area contributed by atoms with Crippen LogP contribution in [-0.2, 0) is 0 Å². The number of carbonyl (C=O) groups is 1. The number of hydrogen-bond donors (Lipinski definition) is 3. The van der Waals surface area contributed by atoms with E-state index in [0.717, 1.165) is 42.8 Å². The standard InChI is InChI=1S/C13H16N4O/c14-13(18)11-8-9-10(16-11)2-1-3-12(9)17-6-4-15-5-7-17/h1-3,8,15-16H,4-7H2,(H2,14,18). The van der Waals surface area contributed by atoms with Gasteiger partial charge in [0.25, 0.3) is 5.91 Å². The molecule has 94 valence electrons. The lowest BCUT2D eigenvalue weighted by Crippen LogP contribution is -2.43. The van der Waals surface area contributed by atoms with Gasteiger partial charge in [0.05, 0.1) is 0 Å². The Kier molecular flexibility index (Phi) is 2.68. The minimum Gasteiger partial charge on any atom is -0.368 e. The molecule has 0 bridgehead atoms. The van der Waals surface area contributed by atoms with Crippen molar-refractivity contribution in [2.24, 2.45) is 5.73 Å². The van der Waals surface area contributed by atoms with Crippen molar-refractivity contribution >= 4 is 22.5 Å². The van der Waals surface area contributed by atoms with Gasteiger partial charge in [-0.05, 0) is 18.2 Å². The lowest BCUT2D eigenvalue weighted by Gasteiger charge is -2.30. The zero-order valence-electron chi connectivity index (χ0n) is 10.1. The molecule has 1 aromatic carbocycles. The van der Waals surface area contributed by atoms with Crippen molar-refractivity contribution in [2.45, 2.75) is 0 Å². The molecular formula is C13H16N4O. The molecule has 1 fully saturated rings. The number of aromatic nitrogens is 1. The van der Waals surface area contributed by atoms with Crippen LogP contribution < -0.4 is 16.0 Å². The first-order valence-corrected chi connectivity index (χ1v) is 6.13.